The fraction of sp³-hybridized carbons (Fsp3) is 0.250. The average molecular weight is 336 g/mol. The van der Waals surface area contributed by atoms with Gasteiger partial charge in [0.25, 0.3) is 0 Å². The molecule has 1 aromatic carbocycles. The molecule has 1 aromatic heterocycles. The van der Waals surface area contributed by atoms with Crippen LogP contribution in [0.15, 0.2) is 36.5 Å². The number of pyridine rings is 1. The number of hydrogen-bond donors (Lipinski definition) is 2. The summed E-state index contributed by atoms with van der Waals surface area (Å²) < 4.78 is 10.4. The van der Waals surface area contributed by atoms with Crippen molar-refractivity contribution in [3.8, 4) is 11.5 Å². The number of anilines is 2. The molecular formula is C16H18ClN3O3. The molecule has 1 heterocycles. The molecule has 0 saturated heterocycles. The number of hydrogen-bond acceptors (Lipinski definition) is 5. The second-order valence-corrected chi connectivity index (χ2v) is 5.25. The van der Waals surface area contributed by atoms with Crippen molar-refractivity contribution in [2.24, 2.45) is 0 Å². The number of nitrogens with zero attached hydrogens (tertiary/aromatic N) is 1. The first-order chi connectivity index (χ1) is 11.0. The van der Waals surface area contributed by atoms with Crippen molar-refractivity contribution < 1.29 is 14.3 Å². The Morgan fingerprint density at radius 1 is 1.17 bits per heavy atom. The predicted molar refractivity (Wildman–Crippen MR) is 90.5 cm³/mol. The molecule has 122 valence electrons. The fourth-order valence-electron chi connectivity index (χ4n) is 1.89. The van der Waals surface area contributed by atoms with Crippen molar-refractivity contribution in [3.05, 3.63) is 41.6 Å². The van der Waals surface area contributed by atoms with Gasteiger partial charge in [0.2, 0.25) is 5.91 Å². The van der Waals surface area contributed by atoms with E-state index in [9.17, 15) is 4.79 Å². The molecule has 23 heavy (non-hydrogen) atoms. The fourth-order valence-corrected chi connectivity index (χ4v) is 2.00. The maximum absolute atomic E-state index is 12.2. The second kappa shape index (κ2) is 7.69. The van der Waals surface area contributed by atoms with Crippen LogP contribution in [-0.4, -0.2) is 31.2 Å². The molecule has 2 aromatic rings. The molecule has 0 saturated carbocycles. The monoisotopic (exact) mass is 335 g/mol. The second-order valence-electron chi connectivity index (χ2n) is 4.82. The van der Waals surface area contributed by atoms with Crippen molar-refractivity contribution in [1.82, 2.24) is 4.98 Å². The normalized spacial score (nSPS) is 11.5. The molecule has 0 fully saturated rings. The van der Waals surface area contributed by atoms with E-state index in [1.165, 1.54) is 6.20 Å². The van der Waals surface area contributed by atoms with E-state index in [0.717, 1.165) is 0 Å². The summed E-state index contributed by atoms with van der Waals surface area (Å²) in [5, 5.41) is 6.32. The SMILES string of the molecule is COc1cc(N[C@H](C)C(=O)Nc2ccc(Cl)cn2)cc(OC)c1. The highest BCUT2D eigenvalue weighted by Gasteiger charge is 2.14. The van der Waals surface area contributed by atoms with E-state index in [1.807, 2.05) is 0 Å². The number of methoxy groups -OCH3 is 2. The van der Waals surface area contributed by atoms with E-state index in [1.54, 1.807) is 51.5 Å². The van der Waals surface area contributed by atoms with Gasteiger partial charge in [0, 0.05) is 30.1 Å². The van der Waals surface area contributed by atoms with Crippen LogP contribution < -0.4 is 20.1 Å². The molecule has 0 aliphatic heterocycles. The van der Waals surface area contributed by atoms with Crippen LogP contribution in [0.1, 0.15) is 6.92 Å². The van der Waals surface area contributed by atoms with Gasteiger partial charge in [-0.15, -0.1) is 0 Å². The lowest BCUT2D eigenvalue weighted by Gasteiger charge is -2.16. The molecule has 1 atom stereocenters. The summed E-state index contributed by atoms with van der Waals surface area (Å²) >= 11 is 5.76. The van der Waals surface area contributed by atoms with Gasteiger partial charge in [0.1, 0.15) is 23.4 Å². The Balaban J connectivity index is 2.04. The summed E-state index contributed by atoms with van der Waals surface area (Å²) in [6.07, 6.45) is 1.47. The van der Waals surface area contributed by atoms with Crippen LogP contribution in [0, 0.1) is 0 Å². The summed E-state index contributed by atoms with van der Waals surface area (Å²) in [5.41, 5.74) is 0.716. The van der Waals surface area contributed by atoms with Crippen LogP contribution >= 0.6 is 11.6 Å². The minimum Gasteiger partial charge on any atom is -0.497 e. The number of carbonyl (C=O) groups is 1. The number of carbonyl (C=O) groups excluding carboxylic acids is 1. The highest BCUT2D eigenvalue weighted by molar-refractivity contribution is 6.30. The highest BCUT2D eigenvalue weighted by atomic mass is 35.5. The smallest absolute Gasteiger partial charge is 0.247 e. The zero-order valence-corrected chi connectivity index (χ0v) is 13.8. The van der Waals surface area contributed by atoms with E-state index in [2.05, 4.69) is 15.6 Å². The summed E-state index contributed by atoms with van der Waals surface area (Å²) in [4.78, 5) is 16.2. The van der Waals surface area contributed by atoms with Gasteiger partial charge in [-0.05, 0) is 19.1 Å². The molecule has 0 aliphatic carbocycles. The van der Waals surface area contributed by atoms with Crippen molar-refractivity contribution >= 4 is 29.0 Å². The molecule has 6 nitrogen and oxygen atoms in total. The number of aromatic nitrogens is 1. The molecule has 0 unspecified atom stereocenters. The number of amides is 1. The Hall–Kier alpha value is -2.47. The van der Waals surface area contributed by atoms with Gasteiger partial charge in [0.15, 0.2) is 0 Å². The molecule has 2 rings (SSSR count). The van der Waals surface area contributed by atoms with E-state index in [4.69, 9.17) is 21.1 Å². The van der Waals surface area contributed by atoms with Crippen LogP contribution in [0.25, 0.3) is 0 Å². The minimum atomic E-state index is -0.482. The maximum Gasteiger partial charge on any atom is 0.247 e. The lowest BCUT2D eigenvalue weighted by atomic mass is 10.2. The number of halogens is 1. The van der Waals surface area contributed by atoms with Gasteiger partial charge < -0.3 is 20.1 Å². The minimum absolute atomic E-state index is 0.221. The average Bonchev–Trinajstić information content (AvgIpc) is 2.56. The van der Waals surface area contributed by atoms with Crippen LogP contribution in [0.2, 0.25) is 5.02 Å². The lowest BCUT2D eigenvalue weighted by molar-refractivity contribution is -0.116. The molecule has 2 N–H and O–H groups in total. The van der Waals surface area contributed by atoms with Crippen molar-refractivity contribution in [1.29, 1.82) is 0 Å². The van der Waals surface area contributed by atoms with E-state index < -0.39 is 6.04 Å². The Bertz CT molecular complexity index is 655. The molecule has 0 radical (unpaired) electrons. The third-order valence-corrected chi connectivity index (χ3v) is 3.33. The third kappa shape index (κ3) is 4.75. The summed E-state index contributed by atoms with van der Waals surface area (Å²) in [7, 11) is 3.14. The first-order valence-electron chi connectivity index (χ1n) is 6.94. The van der Waals surface area contributed by atoms with Crippen LogP contribution in [-0.2, 0) is 4.79 Å². The largest absolute Gasteiger partial charge is 0.497 e. The van der Waals surface area contributed by atoms with Gasteiger partial charge in [0.05, 0.1) is 19.2 Å². The van der Waals surface area contributed by atoms with Crippen LogP contribution in [0.5, 0.6) is 11.5 Å². The summed E-state index contributed by atoms with van der Waals surface area (Å²) in [6.45, 7) is 1.75. The summed E-state index contributed by atoms with van der Waals surface area (Å²) in [5.74, 6) is 1.50. The zero-order chi connectivity index (χ0) is 16.8. The van der Waals surface area contributed by atoms with E-state index in [0.29, 0.717) is 28.0 Å². The summed E-state index contributed by atoms with van der Waals surface area (Å²) in [6, 6.07) is 8.15. The number of nitrogens with one attached hydrogen (secondary N) is 2. The zero-order valence-electron chi connectivity index (χ0n) is 13.1. The van der Waals surface area contributed by atoms with Gasteiger partial charge in [-0.2, -0.15) is 0 Å². The van der Waals surface area contributed by atoms with E-state index >= 15 is 0 Å². The van der Waals surface area contributed by atoms with Crippen LogP contribution in [0.4, 0.5) is 11.5 Å². The Labute approximate surface area is 139 Å². The predicted octanol–water partition coefficient (Wildman–Crippen LogP) is 3.19. The quantitative estimate of drug-likeness (QED) is 0.848. The van der Waals surface area contributed by atoms with E-state index in [-0.39, 0.29) is 5.91 Å². The first-order valence-corrected chi connectivity index (χ1v) is 7.31. The number of benzene rings is 1. The van der Waals surface area contributed by atoms with Crippen molar-refractivity contribution in [3.63, 3.8) is 0 Å². The van der Waals surface area contributed by atoms with Gasteiger partial charge in [-0.25, -0.2) is 4.98 Å². The Morgan fingerprint density at radius 3 is 2.35 bits per heavy atom. The number of rotatable bonds is 6. The molecule has 0 spiro atoms. The van der Waals surface area contributed by atoms with Crippen LogP contribution in [0.3, 0.4) is 0 Å². The van der Waals surface area contributed by atoms with Gasteiger partial charge >= 0.3 is 0 Å². The lowest BCUT2D eigenvalue weighted by Crippen LogP contribution is -2.32. The number of ether oxygens (including phenoxy) is 2. The highest BCUT2D eigenvalue weighted by Crippen LogP contribution is 2.26. The van der Waals surface area contributed by atoms with Gasteiger partial charge in [-0.3, -0.25) is 4.79 Å². The molecule has 7 heteroatoms. The molecule has 0 bridgehead atoms. The molecule has 0 aliphatic rings. The Kier molecular flexibility index (Phi) is 5.65. The maximum atomic E-state index is 12.2. The molecule has 1 amide bonds. The topological polar surface area (TPSA) is 72.5 Å². The first kappa shape index (κ1) is 16.9. The van der Waals surface area contributed by atoms with Crippen molar-refractivity contribution in [2.75, 3.05) is 24.9 Å². The third-order valence-electron chi connectivity index (χ3n) is 3.11. The van der Waals surface area contributed by atoms with Crippen molar-refractivity contribution in [2.45, 2.75) is 13.0 Å². The van der Waals surface area contributed by atoms with Gasteiger partial charge in [-0.1, -0.05) is 11.6 Å². The molecular weight excluding hydrogens is 318 g/mol. The standard InChI is InChI=1S/C16H18ClN3O3/c1-10(16(21)20-15-5-4-11(17)9-18-15)19-12-6-13(22-2)8-14(7-12)23-3/h4-10,19H,1-3H3,(H,18,20,21)/t10-/m1/s1. The Morgan fingerprint density at radius 2 is 1.83 bits per heavy atom.